The topological polar surface area (TPSA) is 9.23 Å². The lowest BCUT2D eigenvalue weighted by molar-refractivity contribution is 0.00423. The van der Waals surface area contributed by atoms with Crippen molar-refractivity contribution in [2.75, 3.05) is 6.61 Å². The molecule has 0 heterocycles. The van der Waals surface area contributed by atoms with Crippen LogP contribution in [0.4, 0.5) is 0 Å². The van der Waals surface area contributed by atoms with E-state index in [0.29, 0.717) is 0 Å². The molecule has 0 radical (unpaired) electrons. The van der Waals surface area contributed by atoms with E-state index in [2.05, 4.69) is 25.8 Å². The van der Waals surface area contributed by atoms with Crippen LogP contribution in [0.15, 0.2) is 11.6 Å². The number of ether oxygens (including phenoxy) is 1. The van der Waals surface area contributed by atoms with Gasteiger partial charge in [0.25, 0.3) is 0 Å². The Morgan fingerprint density at radius 1 is 1.69 bits per heavy atom. The van der Waals surface area contributed by atoms with E-state index in [9.17, 15) is 0 Å². The zero-order valence-electron chi connectivity index (χ0n) is 8.76. The van der Waals surface area contributed by atoms with Gasteiger partial charge in [-0.05, 0) is 31.3 Å². The Kier molecular flexibility index (Phi) is 3.17. The molecule has 1 nitrogen and oxygen atoms in total. The molecule has 0 saturated heterocycles. The Labute approximate surface area is 81.2 Å². The van der Waals surface area contributed by atoms with Crippen LogP contribution in [0.5, 0.6) is 0 Å². The molecule has 72 valence electrons. The van der Waals surface area contributed by atoms with E-state index in [4.69, 9.17) is 11.2 Å². The predicted molar refractivity (Wildman–Crippen MR) is 55.3 cm³/mol. The van der Waals surface area contributed by atoms with Gasteiger partial charge in [-0.25, -0.2) is 0 Å². The molecule has 1 rings (SSSR count). The van der Waals surface area contributed by atoms with Crippen LogP contribution in [0.25, 0.3) is 0 Å². The van der Waals surface area contributed by atoms with Crippen LogP contribution >= 0.6 is 0 Å². The lowest BCUT2D eigenvalue weighted by atomic mass is 9.76. The van der Waals surface area contributed by atoms with E-state index in [0.717, 1.165) is 25.0 Å². The quantitative estimate of drug-likeness (QED) is 0.591. The monoisotopic (exact) mass is 178 g/mol. The second-order valence-corrected chi connectivity index (χ2v) is 4.20. The lowest BCUT2D eigenvalue weighted by Crippen LogP contribution is -2.33. The number of hydrogen-bond acceptors (Lipinski definition) is 1. The Balaban J connectivity index is 2.79. The minimum absolute atomic E-state index is 0.192. The van der Waals surface area contributed by atoms with E-state index in [1.54, 1.807) is 0 Å². The van der Waals surface area contributed by atoms with Gasteiger partial charge in [0.15, 0.2) is 0 Å². The van der Waals surface area contributed by atoms with E-state index < -0.39 is 0 Å². The fourth-order valence-electron chi connectivity index (χ4n) is 1.66. The van der Waals surface area contributed by atoms with Crippen molar-refractivity contribution in [2.45, 2.75) is 39.7 Å². The Morgan fingerprint density at radius 2 is 2.38 bits per heavy atom. The van der Waals surface area contributed by atoms with Crippen LogP contribution in [-0.4, -0.2) is 12.7 Å². The van der Waals surface area contributed by atoms with Gasteiger partial charge in [-0.2, -0.15) is 0 Å². The summed E-state index contributed by atoms with van der Waals surface area (Å²) in [5.41, 5.74) is 1.33. The van der Waals surface area contributed by atoms with Crippen LogP contribution in [0.2, 0.25) is 0 Å². The molecule has 1 unspecified atom stereocenters. The smallest absolute Gasteiger partial charge is 0.0818 e. The molecular formula is C12H18O. The highest BCUT2D eigenvalue weighted by molar-refractivity contribution is 5.29. The molecule has 0 saturated carbocycles. The average Bonchev–Trinajstić information content (AvgIpc) is 2.09. The first-order valence-corrected chi connectivity index (χ1v) is 4.89. The zero-order chi connectivity index (χ0) is 9.90. The van der Waals surface area contributed by atoms with Gasteiger partial charge < -0.3 is 4.74 Å². The molecule has 1 aliphatic carbocycles. The normalized spacial score (nSPS) is 26.3. The van der Waals surface area contributed by atoms with Gasteiger partial charge in [0.2, 0.25) is 0 Å². The van der Waals surface area contributed by atoms with Crippen molar-refractivity contribution >= 4 is 0 Å². The maximum atomic E-state index is 5.66. The van der Waals surface area contributed by atoms with Crippen molar-refractivity contribution in [3.8, 4) is 12.3 Å². The van der Waals surface area contributed by atoms with Crippen molar-refractivity contribution < 1.29 is 4.74 Å². The first-order chi connectivity index (χ1) is 6.10. The van der Waals surface area contributed by atoms with Gasteiger partial charge in [-0.1, -0.05) is 19.8 Å². The van der Waals surface area contributed by atoms with Gasteiger partial charge in [0.05, 0.1) is 6.10 Å². The maximum Gasteiger partial charge on any atom is 0.0818 e. The molecule has 0 N–H and O–H groups in total. The molecule has 0 amide bonds. The van der Waals surface area contributed by atoms with Crippen molar-refractivity contribution in [2.24, 2.45) is 5.41 Å². The van der Waals surface area contributed by atoms with E-state index in [-0.39, 0.29) is 11.5 Å². The highest BCUT2D eigenvalue weighted by Crippen LogP contribution is 2.36. The summed E-state index contributed by atoms with van der Waals surface area (Å²) in [6.07, 6.45) is 9.81. The zero-order valence-corrected chi connectivity index (χ0v) is 8.76. The Morgan fingerprint density at radius 3 is 2.92 bits per heavy atom. The maximum absolute atomic E-state index is 5.66. The van der Waals surface area contributed by atoms with Crippen molar-refractivity contribution in [1.29, 1.82) is 0 Å². The molecule has 1 atom stereocenters. The summed E-state index contributed by atoms with van der Waals surface area (Å²) in [4.78, 5) is 0. The van der Waals surface area contributed by atoms with Crippen LogP contribution in [0.3, 0.4) is 0 Å². The number of hydrogen-bond donors (Lipinski definition) is 0. The molecule has 0 aromatic carbocycles. The van der Waals surface area contributed by atoms with E-state index >= 15 is 0 Å². The van der Waals surface area contributed by atoms with Gasteiger partial charge in [-0.3, -0.25) is 0 Å². The standard InChI is InChI=1S/C12H18O/c1-5-10-7-8-12(3,4)11(9-10)13-6-2/h1,9,11H,6-8H2,2-4H3. The summed E-state index contributed by atoms with van der Waals surface area (Å²) in [5.74, 6) is 2.71. The summed E-state index contributed by atoms with van der Waals surface area (Å²) >= 11 is 0. The van der Waals surface area contributed by atoms with E-state index in [1.807, 2.05) is 6.92 Å². The predicted octanol–water partition coefficient (Wildman–Crippen LogP) is 2.77. The van der Waals surface area contributed by atoms with Crippen molar-refractivity contribution in [3.05, 3.63) is 11.6 Å². The number of terminal acetylenes is 1. The van der Waals surface area contributed by atoms with Crippen LogP contribution in [-0.2, 0) is 4.74 Å². The number of rotatable bonds is 2. The fourth-order valence-corrected chi connectivity index (χ4v) is 1.66. The highest BCUT2D eigenvalue weighted by atomic mass is 16.5. The largest absolute Gasteiger partial charge is 0.374 e. The van der Waals surface area contributed by atoms with Gasteiger partial charge >= 0.3 is 0 Å². The van der Waals surface area contributed by atoms with Gasteiger partial charge in [0.1, 0.15) is 0 Å². The summed E-state index contributed by atoms with van der Waals surface area (Å²) < 4.78 is 5.66. The summed E-state index contributed by atoms with van der Waals surface area (Å²) in [6.45, 7) is 7.24. The lowest BCUT2D eigenvalue weighted by Gasteiger charge is -2.35. The molecule has 0 bridgehead atoms. The third-order valence-corrected chi connectivity index (χ3v) is 2.69. The molecule has 0 aromatic heterocycles. The summed E-state index contributed by atoms with van der Waals surface area (Å²) in [6, 6.07) is 0. The van der Waals surface area contributed by atoms with E-state index in [1.165, 1.54) is 0 Å². The second kappa shape index (κ2) is 3.98. The average molecular weight is 178 g/mol. The molecule has 1 aliphatic rings. The number of allylic oxidation sites excluding steroid dienone is 1. The summed E-state index contributed by atoms with van der Waals surface area (Å²) in [5, 5.41) is 0. The molecule has 13 heavy (non-hydrogen) atoms. The summed E-state index contributed by atoms with van der Waals surface area (Å²) in [7, 11) is 0. The van der Waals surface area contributed by atoms with Crippen LogP contribution in [0.1, 0.15) is 33.6 Å². The minimum Gasteiger partial charge on any atom is -0.374 e. The second-order valence-electron chi connectivity index (χ2n) is 4.20. The van der Waals surface area contributed by atoms with Crippen LogP contribution < -0.4 is 0 Å². The van der Waals surface area contributed by atoms with Gasteiger partial charge in [-0.15, -0.1) is 6.42 Å². The molecule has 0 aliphatic heterocycles. The minimum atomic E-state index is 0.192. The third-order valence-electron chi connectivity index (χ3n) is 2.69. The van der Waals surface area contributed by atoms with Gasteiger partial charge in [0, 0.05) is 12.2 Å². The Bertz CT molecular complexity index is 242. The first-order valence-electron chi connectivity index (χ1n) is 4.89. The molecule has 0 aromatic rings. The highest BCUT2D eigenvalue weighted by Gasteiger charge is 2.31. The third kappa shape index (κ3) is 2.35. The molecule has 0 fully saturated rings. The molecular weight excluding hydrogens is 160 g/mol. The molecule has 0 spiro atoms. The van der Waals surface area contributed by atoms with Crippen molar-refractivity contribution in [1.82, 2.24) is 0 Å². The van der Waals surface area contributed by atoms with Crippen molar-refractivity contribution in [3.63, 3.8) is 0 Å². The molecule has 1 heteroatoms. The van der Waals surface area contributed by atoms with Crippen LogP contribution in [0, 0.1) is 17.8 Å². The first kappa shape index (κ1) is 10.3. The Hall–Kier alpha value is -0.740. The fraction of sp³-hybridized carbons (Fsp3) is 0.667. The SMILES string of the molecule is C#CC1=CC(OCC)C(C)(C)CC1.